The molecule has 1 fully saturated rings. The van der Waals surface area contributed by atoms with E-state index in [1.54, 1.807) is 37.1 Å². The summed E-state index contributed by atoms with van der Waals surface area (Å²) in [5, 5.41) is 3.21. The van der Waals surface area contributed by atoms with Gasteiger partial charge in [0.25, 0.3) is 0 Å². The summed E-state index contributed by atoms with van der Waals surface area (Å²) in [5.41, 5.74) is 0. The maximum Gasteiger partial charge on any atom is 0.242 e. The standard InChI is InChI=1S/C17H31N5O3S.HI/c1-18-17(22(3)11-4-15-6-12-25-13-7-15)19-8-9-20-26(23,24)16-5-10-21(2)14-16;/h5,10,14-15,20H,4,6-9,11-13H2,1-3H3,(H,18,19);1H. The minimum atomic E-state index is -3.47. The van der Waals surface area contributed by atoms with Gasteiger partial charge in [-0.2, -0.15) is 0 Å². The van der Waals surface area contributed by atoms with Crippen LogP contribution in [0.3, 0.4) is 0 Å². The van der Waals surface area contributed by atoms with E-state index in [1.165, 1.54) is 0 Å². The molecule has 1 saturated heterocycles. The van der Waals surface area contributed by atoms with Crippen LogP contribution in [0.15, 0.2) is 28.3 Å². The van der Waals surface area contributed by atoms with Crippen molar-refractivity contribution in [3.8, 4) is 0 Å². The first-order chi connectivity index (χ1) is 12.4. The summed E-state index contributed by atoms with van der Waals surface area (Å²) in [6.07, 6.45) is 6.66. The Bertz CT molecular complexity index is 686. The summed E-state index contributed by atoms with van der Waals surface area (Å²) < 4.78 is 34.0. The van der Waals surface area contributed by atoms with E-state index in [1.807, 2.05) is 7.05 Å². The van der Waals surface area contributed by atoms with Gasteiger partial charge in [0.1, 0.15) is 0 Å². The Morgan fingerprint density at radius 1 is 1.37 bits per heavy atom. The van der Waals surface area contributed by atoms with Crippen molar-refractivity contribution in [2.45, 2.75) is 24.2 Å². The van der Waals surface area contributed by atoms with Gasteiger partial charge in [0, 0.05) is 66.4 Å². The second-order valence-corrected chi connectivity index (χ2v) is 8.42. The molecule has 0 bridgehead atoms. The number of halogens is 1. The van der Waals surface area contributed by atoms with Crippen molar-refractivity contribution in [3.05, 3.63) is 18.5 Å². The molecule has 0 aromatic carbocycles. The fraction of sp³-hybridized carbons (Fsp3) is 0.706. The van der Waals surface area contributed by atoms with E-state index >= 15 is 0 Å². The number of rotatable bonds is 8. The van der Waals surface area contributed by atoms with Crippen LogP contribution in [0.5, 0.6) is 0 Å². The molecule has 1 aromatic rings. The van der Waals surface area contributed by atoms with Gasteiger partial charge in [0.2, 0.25) is 10.0 Å². The first-order valence-electron chi connectivity index (χ1n) is 9.03. The third-order valence-corrected chi connectivity index (χ3v) is 6.05. The van der Waals surface area contributed by atoms with Crippen LogP contribution < -0.4 is 10.0 Å². The lowest BCUT2D eigenvalue weighted by Crippen LogP contribution is -2.43. The lowest BCUT2D eigenvalue weighted by molar-refractivity contribution is 0.0625. The van der Waals surface area contributed by atoms with Gasteiger partial charge in [-0.05, 0) is 31.2 Å². The molecule has 0 spiro atoms. The zero-order chi connectivity index (χ0) is 19.0. The van der Waals surface area contributed by atoms with E-state index in [0.29, 0.717) is 19.0 Å². The summed E-state index contributed by atoms with van der Waals surface area (Å²) in [4.78, 5) is 6.63. The molecule has 0 aliphatic carbocycles. The first kappa shape index (κ1) is 24.2. The lowest BCUT2D eigenvalue weighted by Gasteiger charge is -2.26. The number of aryl methyl sites for hydroxylation is 1. The first-order valence-corrected chi connectivity index (χ1v) is 10.5. The summed E-state index contributed by atoms with van der Waals surface area (Å²) in [6, 6.07) is 1.58. The van der Waals surface area contributed by atoms with Gasteiger partial charge < -0.3 is 19.5 Å². The fourth-order valence-corrected chi connectivity index (χ4v) is 4.06. The summed E-state index contributed by atoms with van der Waals surface area (Å²) in [6.45, 7) is 3.41. The number of nitrogens with zero attached hydrogens (tertiary/aromatic N) is 3. The monoisotopic (exact) mass is 513 g/mol. The van der Waals surface area contributed by atoms with Gasteiger partial charge in [0.05, 0.1) is 4.90 Å². The van der Waals surface area contributed by atoms with Crippen LogP contribution in [0.4, 0.5) is 0 Å². The number of aromatic nitrogens is 1. The van der Waals surface area contributed by atoms with Gasteiger partial charge in [-0.1, -0.05) is 0 Å². The molecule has 0 unspecified atom stereocenters. The third-order valence-electron chi connectivity index (χ3n) is 4.60. The number of aliphatic imine (C=N–C) groups is 1. The van der Waals surface area contributed by atoms with Crippen molar-refractivity contribution >= 4 is 40.0 Å². The summed E-state index contributed by atoms with van der Waals surface area (Å²) in [7, 11) is 2.07. The van der Waals surface area contributed by atoms with E-state index in [-0.39, 0.29) is 28.9 Å². The zero-order valence-corrected chi connectivity index (χ0v) is 19.5. The predicted molar refractivity (Wildman–Crippen MR) is 118 cm³/mol. The second-order valence-electron chi connectivity index (χ2n) is 6.65. The van der Waals surface area contributed by atoms with E-state index in [0.717, 1.165) is 45.0 Å². The van der Waals surface area contributed by atoms with E-state index < -0.39 is 10.0 Å². The number of nitrogens with one attached hydrogen (secondary N) is 2. The zero-order valence-electron chi connectivity index (χ0n) is 16.3. The molecule has 2 heterocycles. The number of sulfonamides is 1. The fourth-order valence-electron chi connectivity index (χ4n) is 2.98. The molecule has 1 aliphatic heterocycles. The third kappa shape index (κ3) is 7.96. The highest BCUT2D eigenvalue weighted by Gasteiger charge is 2.16. The quantitative estimate of drug-likeness (QED) is 0.237. The minimum Gasteiger partial charge on any atom is -0.381 e. The van der Waals surface area contributed by atoms with Crippen molar-refractivity contribution < 1.29 is 13.2 Å². The molecular formula is C17H32IN5O3S. The normalized spacial score (nSPS) is 16.0. The molecule has 2 N–H and O–H groups in total. The van der Waals surface area contributed by atoms with Crippen LogP contribution in [0.25, 0.3) is 0 Å². The van der Waals surface area contributed by atoms with Crippen LogP contribution in [0, 0.1) is 5.92 Å². The molecule has 1 aliphatic rings. The predicted octanol–water partition coefficient (Wildman–Crippen LogP) is 1.25. The minimum absolute atomic E-state index is 0. The molecule has 8 nitrogen and oxygen atoms in total. The van der Waals surface area contributed by atoms with Gasteiger partial charge >= 0.3 is 0 Å². The molecule has 0 amide bonds. The Balaban J connectivity index is 0.00000364. The highest BCUT2D eigenvalue weighted by Crippen LogP contribution is 2.18. The van der Waals surface area contributed by atoms with E-state index in [9.17, 15) is 8.42 Å². The Hall–Kier alpha value is -0.850. The highest BCUT2D eigenvalue weighted by atomic mass is 127. The second kappa shape index (κ2) is 11.9. The van der Waals surface area contributed by atoms with Crippen molar-refractivity contribution in [1.29, 1.82) is 0 Å². The maximum atomic E-state index is 12.2. The molecule has 1 aromatic heterocycles. The summed E-state index contributed by atoms with van der Waals surface area (Å²) in [5.74, 6) is 1.48. The Morgan fingerprint density at radius 3 is 2.67 bits per heavy atom. The average Bonchev–Trinajstić information content (AvgIpc) is 3.08. The maximum absolute atomic E-state index is 12.2. The summed E-state index contributed by atoms with van der Waals surface area (Å²) >= 11 is 0. The van der Waals surface area contributed by atoms with Crippen LogP contribution in [-0.4, -0.2) is 70.8 Å². The smallest absolute Gasteiger partial charge is 0.242 e. The largest absolute Gasteiger partial charge is 0.381 e. The van der Waals surface area contributed by atoms with Crippen LogP contribution >= 0.6 is 24.0 Å². The number of hydrogen-bond donors (Lipinski definition) is 2. The lowest BCUT2D eigenvalue weighted by atomic mass is 9.96. The molecule has 0 saturated carbocycles. The molecular weight excluding hydrogens is 481 g/mol. The Kier molecular flexibility index (Phi) is 10.6. The van der Waals surface area contributed by atoms with Crippen molar-refractivity contribution in [2.24, 2.45) is 18.0 Å². The molecule has 2 rings (SSSR count). The molecule has 156 valence electrons. The number of ether oxygens (including phenoxy) is 1. The Labute approximate surface area is 179 Å². The molecule has 27 heavy (non-hydrogen) atoms. The molecule has 0 radical (unpaired) electrons. The van der Waals surface area contributed by atoms with Gasteiger partial charge in [0.15, 0.2) is 5.96 Å². The SMILES string of the molecule is CN=C(NCCNS(=O)(=O)c1ccn(C)c1)N(C)CCC1CCOCC1.I. The van der Waals surface area contributed by atoms with Crippen molar-refractivity contribution in [1.82, 2.24) is 19.5 Å². The van der Waals surface area contributed by atoms with Crippen LogP contribution in [0.1, 0.15) is 19.3 Å². The molecule has 0 atom stereocenters. The van der Waals surface area contributed by atoms with Gasteiger partial charge in [-0.25, -0.2) is 13.1 Å². The number of guanidine groups is 1. The van der Waals surface area contributed by atoms with Crippen molar-refractivity contribution in [2.75, 3.05) is 46.9 Å². The van der Waals surface area contributed by atoms with Crippen LogP contribution in [-0.2, 0) is 21.8 Å². The molecule has 10 heteroatoms. The van der Waals surface area contributed by atoms with Gasteiger partial charge in [-0.15, -0.1) is 24.0 Å². The van der Waals surface area contributed by atoms with E-state index in [2.05, 4.69) is 19.9 Å². The topological polar surface area (TPSA) is 88.0 Å². The van der Waals surface area contributed by atoms with Gasteiger partial charge in [-0.3, -0.25) is 4.99 Å². The highest BCUT2D eigenvalue weighted by molar-refractivity contribution is 14.0. The Morgan fingerprint density at radius 2 is 2.07 bits per heavy atom. The van der Waals surface area contributed by atoms with E-state index in [4.69, 9.17) is 4.74 Å². The number of hydrogen-bond acceptors (Lipinski definition) is 4. The van der Waals surface area contributed by atoms with Crippen LogP contribution in [0.2, 0.25) is 0 Å². The average molecular weight is 513 g/mol. The van der Waals surface area contributed by atoms with Crippen molar-refractivity contribution in [3.63, 3.8) is 0 Å².